The number of aldehydes is 1. The molecule has 1 heterocycles. The lowest BCUT2D eigenvalue weighted by Crippen LogP contribution is -2.36. The summed E-state index contributed by atoms with van der Waals surface area (Å²) in [5, 5.41) is 11.3. The summed E-state index contributed by atoms with van der Waals surface area (Å²) in [6.45, 7) is 2.01. The van der Waals surface area contributed by atoms with Crippen LogP contribution in [-0.2, 0) is 16.6 Å². The lowest BCUT2D eigenvalue weighted by molar-refractivity contribution is 0.112. The first-order valence-electron chi connectivity index (χ1n) is 8.57. The Morgan fingerprint density at radius 3 is 2.48 bits per heavy atom. The van der Waals surface area contributed by atoms with Gasteiger partial charge in [-0.1, -0.05) is 35.9 Å². The highest BCUT2D eigenvalue weighted by Crippen LogP contribution is 2.21. The highest BCUT2D eigenvalue weighted by molar-refractivity contribution is 7.89. The van der Waals surface area contributed by atoms with E-state index in [0.717, 1.165) is 27.1 Å². The molecule has 1 N–H and O–H groups in total. The van der Waals surface area contributed by atoms with E-state index in [9.17, 15) is 18.3 Å². The van der Waals surface area contributed by atoms with Crippen molar-refractivity contribution in [1.29, 1.82) is 0 Å². The Kier molecular flexibility index (Phi) is 5.46. The zero-order valence-corrected chi connectivity index (χ0v) is 16.1. The van der Waals surface area contributed by atoms with Gasteiger partial charge in [-0.2, -0.15) is 4.31 Å². The molecule has 0 unspecified atom stereocenters. The fourth-order valence-electron chi connectivity index (χ4n) is 3.09. The number of aliphatic hydroxyl groups is 1. The van der Waals surface area contributed by atoms with Crippen LogP contribution in [0.3, 0.4) is 0 Å². The first-order valence-corrected chi connectivity index (χ1v) is 10.0. The van der Waals surface area contributed by atoms with Crippen molar-refractivity contribution >= 4 is 27.2 Å². The standard InChI is InChI=1S/C20H22N2O4S/c1-15-7-9-18(10-8-15)27(25,26)21(2)12-17(24)13-22-11-16(14-23)19-5-3-4-6-20(19)22/h3-11,14,17,24H,12-13H2,1-2H3/t17-/m0/s1. The number of rotatable bonds is 7. The molecule has 0 fully saturated rings. The van der Waals surface area contributed by atoms with Crippen LogP contribution in [0.4, 0.5) is 0 Å². The number of carbonyl (C=O) groups is 1. The van der Waals surface area contributed by atoms with E-state index >= 15 is 0 Å². The molecule has 0 aliphatic rings. The van der Waals surface area contributed by atoms with Gasteiger partial charge in [-0.25, -0.2) is 8.42 Å². The third-order valence-electron chi connectivity index (χ3n) is 4.55. The Morgan fingerprint density at radius 2 is 1.81 bits per heavy atom. The predicted molar refractivity (Wildman–Crippen MR) is 104 cm³/mol. The van der Waals surface area contributed by atoms with Crippen LogP contribution in [0.15, 0.2) is 59.6 Å². The molecule has 0 bridgehead atoms. The molecule has 6 nitrogen and oxygen atoms in total. The Morgan fingerprint density at radius 1 is 1.15 bits per heavy atom. The van der Waals surface area contributed by atoms with E-state index in [2.05, 4.69) is 0 Å². The van der Waals surface area contributed by atoms with Crippen molar-refractivity contribution in [3.63, 3.8) is 0 Å². The number of carbonyl (C=O) groups excluding carboxylic acids is 1. The van der Waals surface area contributed by atoms with E-state index in [1.807, 2.05) is 31.2 Å². The smallest absolute Gasteiger partial charge is 0.242 e. The van der Waals surface area contributed by atoms with Gasteiger partial charge in [-0.15, -0.1) is 0 Å². The normalized spacial score (nSPS) is 13.2. The van der Waals surface area contributed by atoms with Gasteiger partial charge >= 0.3 is 0 Å². The number of aromatic nitrogens is 1. The van der Waals surface area contributed by atoms with Crippen molar-refractivity contribution in [3.8, 4) is 0 Å². The minimum absolute atomic E-state index is 0.0564. The number of aryl methyl sites for hydroxylation is 1. The van der Waals surface area contributed by atoms with Crippen LogP contribution >= 0.6 is 0 Å². The van der Waals surface area contributed by atoms with Crippen LogP contribution in [0.5, 0.6) is 0 Å². The molecule has 0 aliphatic carbocycles. The monoisotopic (exact) mass is 386 g/mol. The molecule has 0 aliphatic heterocycles. The van der Waals surface area contributed by atoms with Crippen molar-refractivity contribution in [1.82, 2.24) is 8.87 Å². The molecule has 7 heteroatoms. The van der Waals surface area contributed by atoms with Crippen molar-refractivity contribution in [2.45, 2.75) is 24.5 Å². The van der Waals surface area contributed by atoms with E-state index in [0.29, 0.717) is 5.56 Å². The first kappa shape index (κ1) is 19.3. The molecular formula is C20H22N2O4S. The summed E-state index contributed by atoms with van der Waals surface area (Å²) in [5.41, 5.74) is 2.34. The number of sulfonamides is 1. The molecule has 1 atom stereocenters. The summed E-state index contributed by atoms with van der Waals surface area (Å²) < 4.78 is 28.2. The molecule has 142 valence electrons. The van der Waals surface area contributed by atoms with Gasteiger partial charge in [0.1, 0.15) is 0 Å². The van der Waals surface area contributed by atoms with Crippen LogP contribution < -0.4 is 0 Å². The molecule has 2 aromatic carbocycles. The highest BCUT2D eigenvalue weighted by atomic mass is 32.2. The number of hydrogen-bond donors (Lipinski definition) is 1. The molecule has 27 heavy (non-hydrogen) atoms. The zero-order valence-electron chi connectivity index (χ0n) is 15.2. The van der Waals surface area contributed by atoms with Crippen molar-refractivity contribution in [2.24, 2.45) is 0 Å². The number of benzene rings is 2. The average Bonchev–Trinajstić information content (AvgIpc) is 2.99. The number of hydrogen-bond acceptors (Lipinski definition) is 4. The van der Waals surface area contributed by atoms with Crippen LogP contribution in [-0.4, -0.2) is 48.4 Å². The van der Waals surface area contributed by atoms with Gasteiger partial charge in [0.25, 0.3) is 0 Å². The van der Waals surface area contributed by atoms with Gasteiger partial charge in [-0.05, 0) is 25.1 Å². The van der Waals surface area contributed by atoms with Crippen molar-refractivity contribution in [3.05, 3.63) is 65.9 Å². The molecule has 0 saturated heterocycles. The SMILES string of the molecule is Cc1ccc(S(=O)(=O)N(C)C[C@H](O)Cn2cc(C=O)c3ccccc32)cc1. The van der Waals surface area contributed by atoms with E-state index < -0.39 is 16.1 Å². The number of fused-ring (bicyclic) bond motifs is 1. The van der Waals surface area contributed by atoms with E-state index in [-0.39, 0.29) is 18.0 Å². The summed E-state index contributed by atoms with van der Waals surface area (Å²) in [6.07, 6.45) is 1.53. The quantitative estimate of drug-likeness (QED) is 0.633. The van der Waals surface area contributed by atoms with E-state index in [4.69, 9.17) is 0 Å². The Labute approximate surface area is 158 Å². The van der Waals surface area contributed by atoms with Crippen LogP contribution in [0.1, 0.15) is 15.9 Å². The summed E-state index contributed by atoms with van der Waals surface area (Å²) in [6, 6.07) is 14.0. The van der Waals surface area contributed by atoms with Crippen LogP contribution in [0, 0.1) is 6.92 Å². The molecule has 0 amide bonds. The minimum Gasteiger partial charge on any atom is -0.390 e. The number of para-hydroxylation sites is 1. The molecule has 3 aromatic rings. The van der Waals surface area contributed by atoms with Gasteiger partial charge in [0, 0.05) is 42.8 Å². The van der Waals surface area contributed by atoms with Crippen molar-refractivity contribution in [2.75, 3.05) is 13.6 Å². The van der Waals surface area contributed by atoms with E-state index in [1.165, 1.54) is 7.05 Å². The molecule has 3 rings (SSSR count). The maximum atomic E-state index is 12.7. The second-order valence-electron chi connectivity index (χ2n) is 6.62. The molecule has 1 aromatic heterocycles. The highest BCUT2D eigenvalue weighted by Gasteiger charge is 2.23. The number of nitrogens with zero attached hydrogens (tertiary/aromatic N) is 2. The van der Waals surface area contributed by atoms with Gasteiger partial charge in [0.15, 0.2) is 6.29 Å². The lowest BCUT2D eigenvalue weighted by atomic mass is 10.2. The average molecular weight is 386 g/mol. The topological polar surface area (TPSA) is 79.6 Å². The lowest BCUT2D eigenvalue weighted by Gasteiger charge is -2.21. The second kappa shape index (κ2) is 7.64. The third kappa shape index (κ3) is 3.95. The molecule has 0 saturated carbocycles. The number of aliphatic hydroxyl groups excluding tert-OH is 1. The predicted octanol–water partition coefficient (Wildman–Crippen LogP) is 2.44. The van der Waals surface area contributed by atoms with Crippen molar-refractivity contribution < 1.29 is 18.3 Å². The van der Waals surface area contributed by atoms with Crippen LogP contribution in [0.2, 0.25) is 0 Å². The van der Waals surface area contributed by atoms with Gasteiger partial charge in [0.05, 0.1) is 11.0 Å². The maximum absolute atomic E-state index is 12.7. The molecule has 0 radical (unpaired) electrons. The summed E-state index contributed by atoms with van der Waals surface area (Å²) in [7, 11) is -2.23. The Bertz CT molecular complexity index is 1060. The Balaban J connectivity index is 1.77. The Hall–Kier alpha value is -2.48. The summed E-state index contributed by atoms with van der Waals surface area (Å²) in [5.74, 6) is 0. The third-order valence-corrected chi connectivity index (χ3v) is 6.39. The zero-order chi connectivity index (χ0) is 19.6. The number of likely N-dealkylation sites (N-methyl/N-ethyl adjacent to an activating group) is 1. The largest absolute Gasteiger partial charge is 0.390 e. The van der Waals surface area contributed by atoms with Gasteiger partial charge < -0.3 is 9.67 Å². The first-order chi connectivity index (χ1) is 12.8. The minimum atomic E-state index is -3.68. The fourth-order valence-corrected chi connectivity index (χ4v) is 4.30. The summed E-state index contributed by atoms with van der Waals surface area (Å²) >= 11 is 0. The molecular weight excluding hydrogens is 364 g/mol. The maximum Gasteiger partial charge on any atom is 0.242 e. The second-order valence-corrected chi connectivity index (χ2v) is 8.67. The van der Waals surface area contributed by atoms with E-state index in [1.54, 1.807) is 35.0 Å². The summed E-state index contributed by atoms with van der Waals surface area (Å²) in [4.78, 5) is 11.4. The van der Waals surface area contributed by atoms with Gasteiger partial charge in [-0.3, -0.25) is 4.79 Å². The van der Waals surface area contributed by atoms with Crippen LogP contribution in [0.25, 0.3) is 10.9 Å². The molecule has 0 spiro atoms. The fraction of sp³-hybridized carbons (Fsp3) is 0.250. The van der Waals surface area contributed by atoms with Gasteiger partial charge in [0.2, 0.25) is 10.0 Å².